The number of carbonyl (C=O) groups is 1. The van der Waals surface area contributed by atoms with Gasteiger partial charge >= 0.3 is 5.97 Å². The van der Waals surface area contributed by atoms with Gasteiger partial charge in [0, 0.05) is 0 Å². The third-order valence-corrected chi connectivity index (χ3v) is 2.08. The molecule has 0 amide bonds. The predicted molar refractivity (Wildman–Crippen MR) is 50.4 cm³/mol. The fourth-order valence-electron chi connectivity index (χ4n) is 0.802. The van der Waals surface area contributed by atoms with Crippen LogP contribution in [0.25, 0.3) is 0 Å². The van der Waals surface area contributed by atoms with Gasteiger partial charge in [-0.2, -0.15) is 0 Å². The largest absolute Gasteiger partial charge is 0.464 e. The van der Waals surface area contributed by atoms with E-state index in [2.05, 4.69) is 26.0 Å². The van der Waals surface area contributed by atoms with Crippen molar-refractivity contribution >= 4 is 44.1 Å². The summed E-state index contributed by atoms with van der Waals surface area (Å²) in [6, 6.07) is 1.56. The van der Waals surface area contributed by atoms with Crippen molar-refractivity contribution in [2.75, 3.05) is 12.8 Å². The normalized spacial score (nSPS) is 9.69. The van der Waals surface area contributed by atoms with Crippen molar-refractivity contribution < 1.29 is 9.53 Å². The van der Waals surface area contributed by atoms with Crippen LogP contribution in [0.5, 0.6) is 0 Å². The number of aromatic nitrogens is 1. The second-order valence-electron chi connectivity index (χ2n) is 2.29. The fourth-order valence-corrected chi connectivity index (χ4v) is 1.28. The van der Waals surface area contributed by atoms with Crippen molar-refractivity contribution in [1.29, 1.82) is 0 Å². The average Bonchev–Trinajstić information content (AvgIpc) is 2.10. The summed E-state index contributed by atoms with van der Waals surface area (Å²) >= 11 is 8.07. The number of hydrogen-bond acceptors (Lipinski definition) is 4. The van der Waals surface area contributed by atoms with Crippen LogP contribution in [0.2, 0.25) is 5.02 Å². The topological polar surface area (TPSA) is 65.2 Å². The van der Waals surface area contributed by atoms with E-state index < -0.39 is 5.97 Å². The lowest BCUT2D eigenvalue weighted by Gasteiger charge is -2.05. The van der Waals surface area contributed by atoms with Crippen LogP contribution in [0.3, 0.4) is 0 Å². The molecule has 1 heterocycles. The molecule has 4 nitrogen and oxygen atoms in total. The third-order valence-electron chi connectivity index (χ3n) is 1.38. The minimum atomic E-state index is -0.596. The first kappa shape index (κ1) is 10.3. The number of methoxy groups -OCH3 is 1. The van der Waals surface area contributed by atoms with Gasteiger partial charge < -0.3 is 10.5 Å². The second kappa shape index (κ2) is 3.97. The van der Waals surface area contributed by atoms with E-state index in [1.807, 2.05) is 0 Å². The Morgan fingerprint density at radius 3 is 2.92 bits per heavy atom. The number of nitrogens with zero attached hydrogens (tertiary/aromatic N) is 1. The molecule has 0 saturated carbocycles. The monoisotopic (exact) mass is 212 g/mol. The Morgan fingerprint density at radius 1 is 1.77 bits per heavy atom. The van der Waals surface area contributed by atoms with Crippen molar-refractivity contribution in [2.45, 2.75) is 0 Å². The van der Waals surface area contributed by atoms with E-state index in [9.17, 15) is 4.79 Å². The van der Waals surface area contributed by atoms with E-state index in [-0.39, 0.29) is 10.7 Å². The molecule has 0 aliphatic rings. The number of ether oxygens (including phenoxy) is 1. The molecule has 2 radical (unpaired) electrons. The highest BCUT2D eigenvalue weighted by Gasteiger charge is 2.14. The molecule has 0 spiro atoms. The van der Waals surface area contributed by atoms with Gasteiger partial charge in [0.05, 0.1) is 17.8 Å². The molecule has 1 aromatic rings. The molecular weight excluding hydrogens is 207 g/mol. The maximum Gasteiger partial charge on any atom is 0.358 e. The highest BCUT2D eigenvalue weighted by atomic mass is 35.5. The number of halogens is 1. The molecule has 6 heteroatoms. The van der Waals surface area contributed by atoms with E-state index in [1.165, 1.54) is 7.11 Å². The SMILES string of the molecule is COC(=O)c1n[c]([Al])cc(N)c1Cl. The van der Waals surface area contributed by atoms with E-state index in [0.717, 1.165) is 0 Å². The number of nitrogen functional groups attached to an aromatic ring is 1. The molecule has 1 aromatic heterocycles. The van der Waals surface area contributed by atoms with Crippen LogP contribution in [-0.2, 0) is 4.74 Å². The Labute approximate surface area is 88.5 Å². The molecule has 2 N–H and O–H groups in total. The first-order chi connectivity index (χ1) is 6.06. The predicted octanol–water partition coefficient (Wildman–Crippen LogP) is -0.102. The van der Waals surface area contributed by atoms with Crippen LogP contribution in [0, 0.1) is 0 Å². The Kier molecular flexibility index (Phi) is 3.15. The van der Waals surface area contributed by atoms with Gasteiger partial charge in [-0.15, -0.1) is 0 Å². The van der Waals surface area contributed by atoms with Crippen LogP contribution in [-0.4, -0.2) is 34.4 Å². The van der Waals surface area contributed by atoms with Gasteiger partial charge in [-0.3, -0.25) is 4.98 Å². The summed E-state index contributed by atoms with van der Waals surface area (Å²) in [7, 11) is 1.26. The zero-order valence-corrected chi connectivity index (χ0v) is 8.78. The van der Waals surface area contributed by atoms with Crippen molar-refractivity contribution in [3.05, 3.63) is 16.8 Å². The summed E-state index contributed by atoms with van der Waals surface area (Å²) in [5, 5.41) is 0.123. The van der Waals surface area contributed by atoms with E-state index in [4.69, 9.17) is 17.3 Å². The number of pyridine rings is 1. The fraction of sp³-hybridized carbons (Fsp3) is 0.143. The van der Waals surface area contributed by atoms with Gasteiger partial charge in [0.2, 0.25) is 16.3 Å². The van der Waals surface area contributed by atoms with Crippen LogP contribution in [0.4, 0.5) is 5.69 Å². The van der Waals surface area contributed by atoms with Crippen LogP contribution >= 0.6 is 11.6 Å². The summed E-state index contributed by atoms with van der Waals surface area (Å²) in [5.74, 6) is -0.596. The minimum Gasteiger partial charge on any atom is -0.464 e. The number of anilines is 1. The summed E-state index contributed by atoms with van der Waals surface area (Å²) in [6.45, 7) is 0. The summed E-state index contributed by atoms with van der Waals surface area (Å²) in [4.78, 5) is 15.0. The smallest absolute Gasteiger partial charge is 0.358 e. The molecule has 1 rings (SSSR count). The van der Waals surface area contributed by atoms with Crippen molar-refractivity contribution in [2.24, 2.45) is 0 Å². The number of hydrogen-bond donors (Lipinski definition) is 1. The van der Waals surface area contributed by atoms with Gasteiger partial charge in [-0.25, -0.2) is 4.79 Å². The number of carbonyl (C=O) groups excluding carboxylic acids is 1. The van der Waals surface area contributed by atoms with E-state index >= 15 is 0 Å². The lowest BCUT2D eigenvalue weighted by atomic mass is 10.3. The highest BCUT2D eigenvalue weighted by Crippen LogP contribution is 2.20. The van der Waals surface area contributed by atoms with Crippen molar-refractivity contribution in [3.8, 4) is 0 Å². The lowest BCUT2D eigenvalue weighted by molar-refractivity contribution is 0.0594. The minimum absolute atomic E-state index is 0.0363. The van der Waals surface area contributed by atoms with Gasteiger partial charge in [0.25, 0.3) is 0 Å². The second-order valence-corrected chi connectivity index (χ2v) is 3.26. The molecule has 0 fully saturated rings. The first-order valence-corrected chi connectivity index (χ1v) is 4.31. The average molecular weight is 213 g/mol. The van der Waals surface area contributed by atoms with Crippen LogP contribution < -0.4 is 10.3 Å². The van der Waals surface area contributed by atoms with Gasteiger partial charge in [-0.05, 0) is 6.07 Å². The number of esters is 1. The summed E-state index contributed by atoms with van der Waals surface area (Å²) in [5.41, 5.74) is 5.86. The maximum atomic E-state index is 11.1. The molecule has 0 saturated heterocycles. The van der Waals surface area contributed by atoms with Crippen LogP contribution in [0.1, 0.15) is 10.5 Å². The molecular formula is C7H6AlClN2O2. The van der Waals surface area contributed by atoms with Gasteiger partial charge in [0.1, 0.15) is 0 Å². The highest BCUT2D eigenvalue weighted by molar-refractivity contribution is 6.37. The molecule has 13 heavy (non-hydrogen) atoms. The standard InChI is InChI=1S/C7H6ClN2O2.Al/c1-12-7(11)6-5(8)4(9)2-3-10-6;/h2H,1H3,(H2,9,10);. The van der Waals surface area contributed by atoms with Gasteiger partial charge in [-0.1, -0.05) is 16.2 Å². The number of nitrogens with two attached hydrogens (primary N) is 1. The van der Waals surface area contributed by atoms with Crippen molar-refractivity contribution in [1.82, 2.24) is 4.98 Å². The Morgan fingerprint density at radius 2 is 2.38 bits per heavy atom. The molecule has 0 bridgehead atoms. The lowest BCUT2D eigenvalue weighted by Crippen LogP contribution is -2.17. The zero-order chi connectivity index (χ0) is 10.0. The summed E-state index contributed by atoms with van der Waals surface area (Å²) < 4.78 is 5.02. The Balaban J connectivity index is 3.28. The third kappa shape index (κ3) is 2.13. The van der Waals surface area contributed by atoms with Gasteiger partial charge in [0.15, 0.2) is 5.69 Å². The first-order valence-electron chi connectivity index (χ1n) is 3.36. The number of rotatable bonds is 1. The van der Waals surface area contributed by atoms with E-state index in [0.29, 0.717) is 10.2 Å². The molecule has 0 aliphatic heterocycles. The van der Waals surface area contributed by atoms with Crippen LogP contribution in [0.15, 0.2) is 6.07 Å². The molecule has 66 valence electrons. The molecule has 0 atom stereocenters. The molecule has 0 unspecified atom stereocenters. The molecule has 0 aromatic carbocycles. The summed E-state index contributed by atoms with van der Waals surface area (Å²) in [6.07, 6.45) is 0. The van der Waals surface area contributed by atoms with Crippen molar-refractivity contribution in [3.63, 3.8) is 0 Å². The molecule has 0 aliphatic carbocycles. The van der Waals surface area contributed by atoms with E-state index in [1.54, 1.807) is 6.07 Å². The quantitative estimate of drug-likeness (QED) is 0.522. The Hall–Kier alpha value is -0.758. The zero-order valence-electron chi connectivity index (χ0n) is 6.87. The maximum absolute atomic E-state index is 11.1. The Bertz CT molecular complexity index is 357.